The first kappa shape index (κ1) is 25.2. The van der Waals surface area contributed by atoms with Crippen LogP contribution in [0.15, 0.2) is 48.8 Å². The Labute approximate surface area is 219 Å². The van der Waals surface area contributed by atoms with E-state index in [4.69, 9.17) is 4.98 Å². The van der Waals surface area contributed by atoms with Gasteiger partial charge in [-0.1, -0.05) is 32.5 Å². The molecule has 1 aromatic carbocycles. The smallest absolute Gasteiger partial charge is 0.157 e. The number of aliphatic hydroxyl groups excluding tert-OH is 1. The fourth-order valence-electron chi connectivity index (χ4n) is 5.87. The van der Waals surface area contributed by atoms with Gasteiger partial charge in [-0.15, -0.1) is 0 Å². The van der Waals surface area contributed by atoms with E-state index >= 15 is 0 Å². The van der Waals surface area contributed by atoms with Crippen LogP contribution in [0.3, 0.4) is 0 Å². The van der Waals surface area contributed by atoms with Crippen LogP contribution >= 0.6 is 0 Å². The number of piperidine rings is 1. The third kappa shape index (κ3) is 4.45. The van der Waals surface area contributed by atoms with Gasteiger partial charge in [0.05, 0.1) is 16.6 Å². The number of anilines is 1. The van der Waals surface area contributed by atoms with E-state index in [1.807, 2.05) is 36.7 Å². The van der Waals surface area contributed by atoms with E-state index in [9.17, 15) is 10.4 Å². The molecule has 1 N–H and O–H groups in total. The maximum atomic E-state index is 10.3. The molecule has 7 nitrogen and oxygen atoms in total. The average molecular weight is 497 g/mol. The third-order valence-electron chi connectivity index (χ3n) is 8.20. The molecule has 0 radical (unpaired) electrons. The van der Waals surface area contributed by atoms with Gasteiger partial charge in [0, 0.05) is 57.3 Å². The maximum absolute atomic E-state index is 10.3. The van der Waals surface area contributed by atoms with Gasteiger partial charge in [0.1, 0.15) is 11.9 Å². The molecule has 0 atom stereocenters. The highest BCUT2D eigenvalue weighted by atomic mass is 16.3. The lowest BCUT2D eigenvalue weighted by molar-refractivity contribution is 0.114. The Morgan fingerprint density at radius 1 is 1.08 bits per heavy atom. The number of fused-ring (bicyclic) bond motifs is 4. The van der Waals surface area contributed by atoms with Gasteiger partial charge in [-0.2, -0.15) is 5.26 Å². The molecule has 0 amide bonds. The fourth-order valence-corrected chi connectivity index (χ4v) is 5.87. The third-order valence-corrected chi connectivity index (χ3v) is 8.20. The molecule has 2 aliphatic rings. The van der Waals surface area contributed by atoms with Crippen LogP contribution in [0.5, 0.6) is 0 Å². The van der Waals surface area contributed by atoms with Crippen LogP contribution in [0, 0.1) is 16.7 Å². The standard InChI is InChI=1S/C29H32N6O.CH4/c1-29(20-36)10-15-34(16-11-29)28-24-19-33(13-8-21-5-4-12-31-18-21)14-9-22(24)23(17-30)27-32-25-6-2-3-7-26(25)35(27)28;/h2-7,12,18,36H,8-11,13-16,19-20H2,1H3;1H4. The lowest BCUT2D eigenvalue weighted by Gasteiger charge is -2.41. The molecule has 0 spiro atoms. The van der Waals surface area contributed by atoms with Crippen molar-refractivity contribution >= 4 is 22.5 Å². The molecule has 0 aliphatic carbocycles. The summed E-state index contributed by atoms with van der Waals surface area (Å²) in [5, 5.41) is 20.2. The Morgan fingerprint density at radius 3 is 2.62 bits per heavy atom. The van der Waals surface area contributed by atoms with Crippen molar-refractivity contribution < 1.29 is 5.11 Å². The summed E-state index contributed by atoms with van der Waals surface area (Å²) >= 11 is 0. The number of nitrogens with zero attached hydrogens (tertiary/aromatic N) is 6. The molecule has 4 aromatic rings. The van der Waals surface area contributed by atoms with Gasteiger partial charge in [0.25, 0.3) is 0 Å². The van der Waals surface area contributed by atoms with Gasteiger partial charge >= 0.3 is 0 Å². The number of rotatable bonds is 5. The molecule has 0 bridgehead atoms. The minimum atomic E-state index is -0.0327. The zero-order valence-corrected chi connectivity index (χ0v) is 20.8. The van der Waals surface area contributed by atoms with E-state index in [0.717, 1.165) is 80.7 Å². The van der Waals surface area contributed by atoms with Gasteiger partial charge in [0.2, 0.25) is 0 Å². The molecular weight excluding hydrogens is 460 g/mol. The van der Waals surface area contributed by atoms with E-state index in [1.54, 1.807) is 0 Å². The molecule has 6 rings (SSSR count). The number of para-hydroxylation sites is 2. The Hall–Kier alpha value is -3.47. The summed E-state index contributed by atoms with van der Waals surface area (Å²) in [6.07, 6.45) is 7.45. The summed E-state index contributed by atoms with van der Waals surface area (Å²) < 4.78 is 2.24. The molecule has 3 aromatic heterocycles. The van der Waals surface area contributed by atoms with Crippen LogP contribution in [0.2, 0.25) is 0 Å². The van der Waals surface area contributed by atoms with Crippen molar-refractivity contribution in [1.82, 2.24) is 19.3 Å². The lowest BCUT2D eigenvalue weighted by atomic mass is 9.81. The molecular formula is C30H36N6O. The average Bonchev–Trinajstić information content (AvgIpc) is 3.31. The van der Waals surface area contributed by atoms with Crippen molar-refractivity contribution in [2.45, 2.75) is 46.6 Å². The minimum Gasteiger partial charge on any atom is -0.396 e. The number of hydrogen-bond acceptors (Lipinski definition) is 6. The number of benzene rings is 1. The predicted octanol–water partition coefficient (Wildman–Crippen LogP) is 4.59. The minimum absolute atomic E-state index is 0. The second-order valence-electron chi connectivity index (χ2n) is 10.6. The summed E-state index contributed by atoms with van der Waals surface area (Å²) in [6, 6.07) is 14.9. The molecule has 37 heavy (non-hydrogen) atoms. The Kier molecular flexibility index (Phi) is 6.89. The van der Waals surface area contributed by atoms with Gasteiger partial charge in [-0.05, 0) is 60.4 Å². The number of aromatic nitrogens is 3. The topological polar surface area (TPSA) is 80.7 Å². The molecule has 2 aliphatic heterocycles. The van der Waals surface area contributed by atoms with Gasteiger partial charge in [-0.3, -0.25) is 14.3 Å². The normalized spacial score (nSPS) is 17.4. The molecule has 1 saturated heterocycles. The van der Waals surface area contributed by atoms with Gasteiger partial charge in [-0.25, -0.2) is 4.98 Å². The first-order valence-electron chi connectivity index (χ1n) is 12.9. The Bertz CT molecular complexity index is 1450. The number of nitriles is 1. The summed E-state index contributed by atoms with van der Waals surface area (Å²) in [7, 11) is 0. The van der Waals surface area contributed by atoms with E-state index in [0.29, 0.717) is 5.56 Å². The number of imidazole rings is 1. The second-order valence-corrected chi connectivity index (χ2v) is 10.6. The number of hydrogen-bond donors (Lipinski definition) is 1. The molecule has 0 saturated carbocycles. The monoisotopic (exact) mass is 496 g/mol. The van der Waals surface area contributed by atoms with E-state index in [-0.39, 0.29) is 19.4 Å². The van der Waals surface area contributed by atoms with Gasteiger partial charge < -0.3 is 10.0 Å². The summed E-state index contributed by atoms with van der Waals surface area (Å²) in [4.78, 5) is 14.2. The second kappa shape index (κ2) is 10.1. The predicted molar refractivity (Wildman–Crippen MR) is 148 cm³/mol. The van der Waals surface area contributed by atoms with Crippen LogP contribution in [-0.4, -0.2) is 57.2 Å². The quantitative estimate of drug-likeness (QED) is 0.435. The van der Waals surface area contributed by atoms with Crippen molar-refractivity contribution in [2.24, 2.45) is 5.41 Å². The van der Waals surface area contributed by atoms with Crippen molar-refractivity contribution in [2.75, 3.05) is 37.7 Å². The van der Waals surface area contributed by atoms with Crippen LogP contribution in [-0.2, 0) is 19.4 Å². The van der Waals surface area contributed by atoms with Crippen molar-refractivity contribution in [3.05, 3.63) is 71.0 Å². The zero-order chi connectivity index (χ0) is 24.7. The molecule has 7 heteroatoms. The highest BCUT2D eigenvalue weighted by Gasteiger charge is 2.34. The number of pyridine rings is 2. The summed E-state index contributed by atoms with van der Waals surface area (Å²) in [5.41, 5.74) is 7.08. The first-order valence-corrected chi connectivity index (χ1v) is 12.9. The lowest BCUT2D eigenvalue weighted by Crippen LogP contribution is -2.43. The molecule has 192 valence electrons. The zero-order valence-electron chi connectivity index (χ0n) is 20.8. The van der Waals surface area contributed by atoms with E-state index in [1.165, 1.54) is 16.9 Å². The number of aliphatic hydroxyl groups is 1. The molecule has 1 fully saturated rings. The molecule has 5 heterocycles. The van der Waals surface area contributed by atoms with Crippen LogP contribution in [0.1, 0.15) is 49.4 Å². The van der Waals surface area contributed by atoms with E-state index in [2.05, 4.69) is 44.3 Å². The first-order chi connectivity index (χ1) is 17.6. The van der Waals surface area contributed by atoms with Crippen LogP contribution in [0.25, 0.3) is 16.7 Å². The highest BCUT2D eigenvalue weighted by Crippen LogP contribution is 2.39. The van der Waals surface area contributed by atoms with Crippen molar-refractivity contribution in [3.8, 4) is 6.07 Å². The molecule has 0 unspecified atom stereocenters. The van der Waals surface area contributed by atoms with Crippen LogP contribution < -0.4 is 4.90 Å². The SMILES string of the molecule is C.CC1(CO)CCN(c2c3c(c(C#N)c4nc5ccccc5n24)CCN(CCc2cccnc2)C3)CC1. The maximum Gasteiger partial charge on any atom is 0.157 e. The fraction of sp³-hybridized carbons (Fsp3) is 0.433. The Balaban J connectivity index is 0.00000280. The summed E-state index contributed by atoms with van der Waals surface area (Å²) in [5.74, 6) is 1.18. The van der Waals surface area contributed by atoms with Crippen molar-refractivity contribution in [1.29, 1.82) is 5.26 Å². The highest BCUT2D eigenvalue weighted by molar-refractivity contribution is 5.86. The summed E-state index contributed by atoms with van der Waals surface area (Å²) in [6.45, 7) is 6.87. The van der Waals surface area contributed by atoms with Crippen LogP contribution in [0.4, 0.5) is 5.82 Å². The van der Waals surface area contributed by atoms with E-state index < -0.39 is 0 Å². The van der Waals surface area contributed by atoms with Crippen molar-refractivity contribution in [3.63, 3.8) is 0 Å². The largest absolute Gasteiger partial charge is 0.396 e. The Morgan fingerprint density at radius 2 is 1.89 bits per heavy atom. The van der Waals surface area contributed by atoms with Gasteiger partial charge in [0.15, 0.2) is 5.65 Å².